The van der Waals surface area contributed by atoms with Crippen LogP contribution in [0.25, 0.3) is 5.69 Å². The van der Waals surface area contributed by atoms with Gasteiger partial charge in [0, 0.05) is 11.3 Å². The summed E-state index contributed by atoms with van der Waals surface area (Å²) in [6.45, 7) is 6.24. The molecule has 1 aromatic heterocycles. The summed E-state index contributed by atoms with van der Waals surface area (Å²) < 4.78 is 21.3. The Hall–Kier alpha value is -3.45. The summed E-state index contributed by atoms with van der Waals surface area (Å²) in [6.07, 6.45) is -0.375. The van der Waals surface area contributed by atoms with E-state index in [0.29, 0.717) is 22.5 Å². The van der Waals surface area contributed by atoms with E-state index < -0.39 is 0 Å². The van der Waals surface area contributed by atoms with Crippen molar-refractivity contribution < 1.29 is 13.9 Å². The molecule has 0 aliphatic heterocycles. The number of benzene rings is 3. The second kappa shape index (κ2) is 10.7. The molecule has 0 aliphatic carbocycles. The molecule has 0 radical (unpaired) electrons. The van der Waals surface area contributed by atoms with Gasteiger partial charge in [-0.15, -0.1) is 10.2 Å². The van der Waals surface area contributed by atoms with E-state index in [2.05, 4.69) is 36.2 Å². The summed E-state index contributed by atoms with van der Waals surface area (Å²) in [5.74, 6) is 1.51. The van der Waals surface area contributed by atoms with Gasteiger partial charge in [0.05, 0.1) is 5.75 Å². The second-order valence-electron chi connectivity index (χ2n) is 8.21. The number of aromatic nitrogens is 3. The summed E-state index contributed by atoms with van der Waals surface area (Å²) in [4.78, 5) is 12.6. The van der Waals surface area contributed by atoms with Crippen molar-refractivity contribution in [3.05, 3.63) is 102 Å². The highest BCUT2D eigenvalue weighted by Crippen LogP contribution is 2.29. The van der Waals surface area contributed by atoms with Crippen molar-refractivity contribution in [2.75, 3.05) is 5.75 Å². The Bertz CT molecular complexity index is 1240. The average molecular weight is 476 g/mol. The normalized spacial score (nSPS) is 12.0. The molecule has 0 bridgehead atoms. The van der Waals surface area contributed by atoms with Gasteiger partial charge in [-0.1, -0.05) is 55.9 Å². The number of hydrogen-bond donors (Lipinski definition) is 0. The molecule has 4 rings (SSSR count). The van der Waals surface area contributed by atoms with Gasteiger partial charge in [-0.3, -0.25) is 9.36 Å². The van der Waals surface area contributed by atoms with Crippen molar-refractivity contribution in [2.45, 2.75) is 37.9 Å². The number of halogens is 1. The fourth-order valence-corrected chi connectivity index (χ4v) is 4.35. The van der Waals surface area contributed by atoms with Gasteiger partial charge in [0.1, 0.15) is 11.6 Å². The zero-order valence-corrected chi connectivity index (χ0v) is 20.1. The predicted octanol–water partition coefficient (Wildman–Crippen LogP) is 6.64. The number of rotatable bonds is 9. The highest BCUT2D eigenvalue weighted by Gasteiger charge is 2.22. The Labute approximate surface area is 203 Å². The first-order valence-corrected chi connectivity index (χ1v) is 12.1. The monoisotopic (exact) mass is 475 g/mol. The van der Waals surface area contributed by atoms with E-state index in [1.54, 1.807) is 0 Å². The number of thioether (sulfide) groups is 1. The van der Waals surface area contributed by atoms with Crippen LogP contribution >= 0.6 is 11.8 Å². The lowest BCUT2D eigenvalue weighted by molar-refractivity contribution is 0.102. The molecule has 0 spiro atoms. The number of carbonyl (C=O) groups excluding carboxylic acids is 1. The summed E-state index contributed by atoms with van der Waals surface area (Å²) in [5, 5.41) is 9.34. The molecule has 0 saturated carbocycles. The van der Waals surface area contributed by atoms with Crippen LogP contribution in [0.5, 0.6) is 5.75 Å². The number of nitrogens with zero attached hydrogens (tertiary/aromatic N) is 3. The molecule has 0 N–H and O–H groups in total. The minimum absolute atomic E-state index is 0.108. The van der Waals surface area contributed by atoms with Crippen LogP contribution in [0.15, 0.2) is 84.0 Å². The third-order valence-electron chi connectivity index (χ3n) is 5.39. The van der Waals surface area contributed by atoms with E-state index in [0.717, 1.165) is 11.4 Å². The molecule has 34 heavy (non-hydrogen) atoms. The summed E-state index contributed by atoms with van der Waals surface area (Å²) >= 11 is 1.29. The van der Waals surface area contributed by atoms with Crippen LogP contribution in [0.3, 0.4) is 0 Å². The van der Waals surface area contributed by atoms with E-state index in [1.807, 2.05) is 54.0 Å². The van der Waals surface area contributed by atoms with Gasteiger partial charge in [-0.2, -0.15) is 0 Å². The molecule has 7 heteroatoms. The van der Waals surface area contributed by atoms with Crippen LogP contribution in [0.4, 0.5) is 4.39 Å². The van der Waals surface area contributed by atoms with E-state index in [4.69, 9.17) is 4.74 Å². The van der Waals surface area contributed by atoms with Crippen LogP contribution in [0.2, 0.25) is 0 Å². The molecule has 0 saturated heterocycles. The zero-order valence-electron chi connectivity index (χ0n) is 19.3. The van der Waals surface area contributed by atoms with Crippen molar-refractivity contribution in [1.82, 2.24) is 14.8 Å². The fraction of sp³-hybridized carbons (Fsp3) is 0.222. The molecule has 1 heterocycles. The third kappa shape index (κ3) is 5.54. The average Bonchev–Trinajstić information content (AvgIpc) is 3.28. The smallest absolute Gasteiger partial charge is 0.196 e. The van der Waals surface area contributed by atoms with Gasteiger partial charge in [0.15, 0.2) is 22.9 Å². The van der Waals surface area contributed by atoms with Gasteiger partial charge in [-0.05, 0) is 66.9 Å². The molecule has 174 valence electrons. The van der Waals surface area contributed by atoms with Crippen molar-refractivity contribution in [2.24, 2.45) is 0 Å². The van der Waals surface area contributed by atoms with Gasteiger partial charge in [0.2, 0.25) is 0 Å². The van der Waals surface area contributed by atoms with E-state index in [9.17, 15) is 9.18 Å². The maximum Gasteiger partial charge on any atom is 0.196 e. The summed E-state index contributed by atoms with van der Waals surface area (Å²) in [7, 11) is 0. The summed E-state index contributed by atoms with van der Waals surface area (Å²) in [5.41, 5.74) is 2.59. The van der Waals surface area contributed by atoms with Crippen molar-refractivity contribution in [1.29, 1.82) is 0 Å². The first-order chi connectivity index (χ1) is 16.4. The lowest BCUT2D eigenvalue weighted by Crippen LogP contribution is -2.12. The number of para-hydroxylation sites is 1. The van der Waals surface area contributed by atoms with E-state index >= 15 is 0 Å². The topological polar surface area (TPSA) is 57.0 Å². The van der Waals surface area contributed by atoms with E-state index in [-0.39, 0.29) is 23.5 Å². The maximum atomic E-state index is 13.2. The Morgan fingerprint density at radius 3 is 2.26 bits per heavy atom. The quantitative estimate of drug-likeness (QED) is 0.200. The number of hydrogen-bond acceptors (Lipinski definition) is 5. The minimum Gasteiger partial charge on any atom is -0.483 e. The van der Waals surface area contributed by atoms with Crippen LogP contribution in [0, 0.1) is 5.82 Å². The van der Waals surface area contributed by atoms with Gasteiger partial charge < -0.3 is 4.74 Å². The lowest BCUT2D eigenvalue weighted by Gasteiger charge is -2.17. The zero-order chi connectivity index (χ0) is 24.1. The Kier molecular flexibility index (Phi) is 7.43. The minimum atomic E-state index is -0.375. The molecule has 5 nitrogen and oxygen atoms in total. The second-order valence-corrected chi connectivity index (χ2v) is 9.16. The molecule has 1 unspecified atom stereocenters. The molecular weight excluding hydrogens is 449 g/mol. The van der Waals surface area contributed by atoms with Crippen LogP contribution in [-0.4, -0.2) is 26.3 Å². The van der Waals surface area contributed by atoms with Crippen LogP contribution in [-0.2, 0) is 0 Å². The van der Waals surface area contributed by atoms with Crippen LogP contribution in [0.1, 0.15) is 54.5 Å². The molecule has 3 aromatic carbocycles. The highest BCUT2D eigenvalue weighted by molar-refractivity contribution is 7.99. The maximum absolute atomic E-state index is 13.2. The van der Waals surface area contributed by atoms with Crippen molar-refractivity contribution in [3.8, 4) is 11.4 Å². The molecular formula is C27H26FN3O2S. The number of Topliss-reactive ketones (excluding diaryl/α,β-unsaturated/α-hetero) is 1. The number of ether oxygens (including phenoxy) is 1. The Morgan fingerprint density at radius 1 is 0.941 bits per heavy atom. The molecule has 0 amide bonds. The Morgan fingerprint density at radius 2 is 1.62 bits per heavy atom. The summed E-state index contributed by atoms with van der Waals surface area (Å²) in [6, 6.07) is 23.4. The van der Waals surface area contributed by atoms with Crippen LogP contribution < -0.4 is 4.74 Å². The van der Waals surface area contributed by atoms with Crippen molar-refractivity contribution >= 4 is 17.5 Å². The SMILES string of the molecule is CC(C)c1ccc(OC(C)c2nnc(SCC(=O)c3ccc(F)cc3)n2-c2ccccc2)cc1. The largest absolute Gasteiger partial charge is 0.483 e. The standard InChI is InChI=1S/C27H26FN3O2S/c1-18(2)20-11-15-24(16-12-20)33-19(3)26-29-30-27(31(26)23-7-5-4-6-8-23)34-17-25(32)21-9-13-22(28)14-10-21/h4-16,18-19H,17H2,1-3H3. The lowest BCUT2D eigenvalue weighted by atomic mass is 10.0. The van der Waals surface area contributed by atoms with E-state index in [1.165, 1.54) is 41.6 Å². The van der Waals surface area contributed by atoms with Gasteiger partial charge in [0.25, 0.3) is 0 Å². The molecule has 4 aromatic rings. The number of carbonyl (C=O) groups is 1. The Balaban J connectivity index is 1.56. The third-order valence-corrected chi connectivity index (χ3v) is 6.32. The van der Waals surface area contributed by atoms with Gasteiger partial charge in [-0.25, -0.2) is 4.39 Å². The molecule has 0 fully saturated rings. The van der Waals surface area contributed by atoms with Crippen molar-refractivity contribution in [3.63, 3.8) is 0 Å². The highest BCUT2D eigenvalue weighted by atomic mass is 32.2. The first-order valence-electron chi connectivity index (χ1n) is 11.1. The fourth-order valence-electron chi connectivity index (χ4n) is 3.50. The molecule has 0 aliphatic rings. The van der Waals surface area contributed by atoms with Gasteiger partial charge >= 0.3 is 0 Å². The predicted molar refractivity (Wildman–Crippen MR) is 132 cm³/mol. The molecule has 1 atom stereocenters. The number of ketones is 1. The first kappa shape index (κ1) is 23.7.